The lowest BCUT2D eigenvalue weighted by atomic mass is 10.6. The fraction of sp³-hybridized carbons (Fsp3) is 0.750. The normalized spacial score (nSPS) is 10.4. The van der Waals surface area contributed by atoms with Crippen LogP contribution in [0.4, 0.5) is 0 Å². The van der Waals surface area contributed by atoms with Gasteiger partial charge in [-0.25, -0.2) is 0 Å². The third-order valence-corrected chi connectivity index (χ3v) is 2.03. The van der Waals surface area contributed by atoms with Gasteiger partial charge < -0.3 is 35.7 Å². The average Bonchev–Trinajstić information content (AvgIpc) is 2.44. The zero-order chi connectivity index (χ0) is 16.6. The Bertz CT molecular complexity index is 339. The molecule has 0 unspecified atom stereocenters. The summed E-state index contributed by atoms with van der Waals surface area (Å²) in [7, 11) is 0. The van der Waals surface area contributed by atoms with Crippen molar-refractivity contribution in [3.05, 3.63) is 0 Å². The topological polar surface area (TPSA) is 152 Å². The summed E-state index contributed by atoms with van der Waals surface area (Å²) in [5, 5.41) is 2.58. The number of rotatable bonds is 15. The van der Waals surface area contributed by atoms with E-state index in [1.165, 1.54) is 0 Å². The number of ether oxygens (including phenoxy) is 4. The molecule has 22 heavy (non-hydrogen) atoms. The molecule has 0 bridgehead atoms. The molecule has 0 aromatic carbocycles. The first-order chi connectivity index (χ1) is 10.5. The van der Waals surface area contributed by atoms with E-state index in [-0.39, 0.29) is 45.5 Å². The van der Waals surface area contributed by atoms with E-state index in [0.29, 0.717) is 19.8 Å². The molecule has 0 aliphatic carbocycles. The lowest BCUT2D eigenvalue weighted by Gasteiger charge is -2.07. The Labute approximate surface area is 128 Å². The summed E-state index contributed by atoms with van der Waals surface area (Å²) < 4.78 is 19.9. The molecule has 10 nitrogen and oxygen atoms in total. The Hall–Kier alpha value is -1.75. The van der Waals surface area contributed by atoms with Crippen LogP contribution in [0.5, 0.6) is 0 Å². The van der Waals surface area contributed by atoms with Crippen LogP contribution in [-0.2, 0) is 33.3 Å². The van der Waals surface area contributed by atoms with Crippen molar-refractivity contribution in [2.45, 2.75) is 0 Å². The average molecular weight is 321 g/mol. The fourth-order valence-corrected chi connectivity index (χ4v) is 1.16. The summed E-state index contributed by atoms with van der Waals surface area (Å²) in [5.74, 6) is -1.38. The van der Waals surface area contributed by atoms with Gasteiger partial charge in [-0.15, -0.1) is 0 Å². The number of carbonyl (C=O) groups is 3. The summed E-state index contributed by atoms with van der Waals surface area (Å²) in [4.78, 5) is 32.0. The van der Waals surface area contributed by atoms with Crippen LogP contribution in [0.1, 0.15) is 0 Å². The minimum atomic E-state index is -0.558. The van der Waals surface area contributed by atoms with E-state index in [1.807, 2.05) is 0 Å². The van der Waals surface area contributed by atoms with Gasteiger partial charge >= 0.3 is 0 Å². The highest BCUT2D eigenvalue weighted by molar-refractivity contribution is 5.77. The first kappa shape index (κ1) is 20.2. The maximum absolute atomic E-state index is 11.3. The van der Waals surface area contributed by atoms with E-state index >= 15 is 0 Å². The molecular weight excluding hydrogens is 298 g/mol. The van der Waals surface area contributed by atoms with E-state index in [4.69, 9.17) is 30.4 Å². The van der Waals surface area contributed by atoms with Crippen LogP contribution in [0.15, 0.2) is 0 Å². The molecular formula is C12H23N3O7. The maximum Gasteiger partial charge on any atom is 0.246 e. The van der Waals surface area contributed by atoms with Gasteiger partial charge in [-0.1, -0.05) is 0 Å². The smallest absolute Gasteiger partial charge is 0.246 e. The Kier molecular flexibility index (Phi) is 13.1. The minimum absolute atomic E-state index is 0.109. The molecule has 3 amide bonds. The van der Waals surface area contributed by atoms with Crippen molar-refractivity contribution in [1.82, 2.24) is 5.32 Å². The predicted molar refractivity (Wildman–Crippen MR) is 74.7 cm³/mol. The molecule has 0 rings (SSSR count). The minimum Gasteiger partial charge on any atom is -0.377 e. The Morgan fingerprint density at radius 2 is 1.14 bits per heavy atom. The van der Waals surface area contributed by atoms with Crippen molar-refractivity contribution in [3.63, 3.8) is 0 Å². The zero-order valence-corrected chi connectivity index (χ0v) is 12.4. The van der Waals surface area contributed by atoms with Gasteiger partial charge in [0.2, 0.25) is 17.7 Å². The zero-order valence-electron chi connectivity index (χ0n) is 12.4. The van der Waals surface area contributed by atoms with Crippen molar-refractivity contribution < 1.29 is 33.3 Å². The van der Waals surface area contributed by atoms with E-state index in [1.54, 1.807) is 0 Å². The van der Waals surface area contributed by atoms with Crippen LogP contribution < -0.4 is 16.8 Å². The second kappa shape index (κ2) is 14.2. The van der Waals surface area contributed by atoms with E-state index in [2.05, 4.69) is 5.32 Å². The first-order valence-corrected chi connectivity index (χ1v) is 6.66. The number of carbonyl (C=O) groups excluding carboxylic acids is 3. The third-order valence-electron chi connectivity index (χ3n) is 2.03. The number of amides is 3. The van der Waals surface area contributed by atoms with Gasteiger partial charge in [0.05, 0.1) is 33.0 Å². The van der Waals surface area contributed by atoms with Crippen molar-refractivity contribution in [3.8, 4) is 0 Å². The Morgan fingerprint density at radius 1 is 0.682 bits per heavy atom. The lowest BCUT2D eigenvalue weighted by molar-refractivity contribution is -0.128. The van der Waals surface area contributed by atoms with Crippen LogP contribution in [-0.4, -0.2) is 77.1 Å². The van der Waals surface area contributed by atoms with Gasteiger partial charge in [-0.3, -0.25) is 14.4 Å². The van der Waals surface area contributed by atoms with Crippen LogP contribution in [0.2, 0.25) is 0 Å². The Balaban J connectivity index is 3.22. The van der Waals surface area contributed by atoms with Crippen LogP contribution in [0.3, 0.4) is 0 Å². The summed E-state index contributed by atoms with van der Waals surface area (Å²) in [5.41, 5.74) is 9.74. The first-order valence-electron chi connectivity index (χ1n) is 6.66. The summed E-state index contributed by atoms with van der Waals surface area (Å²) in [6.07, 6.45) is 0. The van der Waals surface area contributed by atoms with Crippen LogP contribution >= 0.6 is 0 Å². The second-order valence-electron chi connectivity index (χ2n) is 4.05. The molecule has 0 fully saturated rings. The molecule has 0 aliphatic heterocycles. The summed E-state index contributed by atoms with van der Waals surface area (Å²) >= 11 is 0. The van der Waals surface area contributed by atoms with E-state index in [9.17, 15) is 14.4 Å². The fourth-order valence-electron chi connectivity index (χ4n) is 1.16. The molecule has 0 saturated heterocycles. The molecule has 5 N–H and O–H groups in total. The molecule has 128 valence electrons. The molecule has 0 aliphatic rings. The number of hydrogen-bond donors (Lipinski definition) is 3. The highest BCUT2D eigenvalue weighted by Crippen LogP contribution is 1.81. The maximum atomic E-state index is 11.3. The van der Waals surface area contributed by atoms with Gasteiger partial charge in [0.15, 0.2) is 0 Å². The highest BCUT2D eigenvalue weighted by Gasteiger charge is 2.01. The predicted octanol–water partition coefficient (Wildman–Crippen LogP) is -2.86. The lowest BCUT2D eigenvalue weighted by Crippen LogP contribution is -2.31. The molecule has 10 heteroatoms. The molecule has 0 aromatic rings. The number of hydrogen-bond acceptors (Lipinski definition) is 7. The summed E-state index contributed by atoms with van der Waals surface area (Å²) in [6, 6.07) is 0. The van der Waals surface area contributed by atoms with Gasteiger partial charge in [0, 0.05) is 6.54 Å². The highest BCUT2D eigenvalue weighted by atomic mass is 16.5. The van der Waals surface area contributed by atoms with Gasteiger partial charge in [-0.05, 0) is 0 Å². The van der Waals surface area contributed by atoms with Gasteiger partial charge in [0.1, 0.15) is 19.8 Å². The molecule has 0 aromatic heterocycles. The van der Waals surface area contributed by atoms with E-state index < -0.39 is 11.8 Å². The SMILES string of the molecule is NC(=O)COCCOCCNC(=O)COCCOCC(N)=O. The van der Waals surface area contributed by atoms with Crippen molar-refractivity contribution in [2.24, 2.45) is 11.5 Å². The van der Waals surface area contributed by atoms with Crippen LogP contribution in [0.25, 0.3) is 0 Å². The Morgan fingerprint density at radius 3 is 1.64 bits per heavy atom. The molecule has 0 heterocycles. The second-order valence-corrected chi connectivity index (χ2v) is 4.05. The number of nitrogens with one attached hydrogen (secondary N) is 1. The molecule has 0 saturated carbocycles. The van der Waals surface area contributed by atoms with Crippen molar-refractivity contribution >= 4 is 17.7 Å². The largest absolute Gasteiger partial charge is 0.377 e. The van der Waals surface area contributed by atoms with Gasteiger partial charge in [-0.2, -0.15) is 0 Å². The third kappa shape index (κ3) is 16.3. The molecule has 0 radical (unpaired) electrons. The summed E-state index contributed by atoms with van der Waals surface area (Å²) in [6.45, 7) is 1.16. The molecule has 0 spiro atoms. The van der Waals surface area contributed by atoms with Gasteiger partial charge in [0.25, 0.3) is 0 Å². The standard InChI is InChI=1S/C12H23N3O7/c13-10(16)7-20-4-3-19-2-1-15-12(18)9-22-6-5-21-8-11(14)17/h1-9H2,(H2,13,16)(H2,14,17)(H,15,18). The quantitative estimate of drug-likeness (QED) is 0.274. The van der Waals surface area contributed by atoms with E-state index in [0.717, 1.165) is 0 Å². The molecule has 0 atom stereocenters. The van der Waals surface area contributed by atoms with Crippen molar-refractivity contribution in [2.75, 3.05) is 59.4 Å². The number of primary amides is 2. The monoisotopic (exact) mass is 321 g/mol. The van der Waals surface area contributed by atoms with Crippen molar-refractivity contribution in [1.29, 1.82) is 0 Å². The van der Waals surface area contributed by atoms with Crippen LogP contribution in [0, 0.1) is 0 Å². The number of nitrogens with two attached hydrogens (primary N) is 2.